The Kier molecular flexibility index (Phi) is 5.98. The van der Waals surface area contributed by atoms with Crippen LogP contribution in [0.4, 0.5) is 5.69 Å². The smallest absolute Gasteiger partial charge is 0.276 e. The molecule has 20 heavy (non-hydrogen) atoms. The molecule has 1 atom stereocenters. The average molecular weight is 272 g/mol. The molecule has 0 aliphatic carbocycles. The van der Waals surface area contributed by atoms with E-state index in [-0.39, 0.29) is 17.6 Å². The van der Waals surface area contributed by atoms with E-state index >= 15 is 0 Å². The minimum absolute atomic E-state index is 0.0430. The quantitative estimate of drug-likeness (QED) is 0.374. The van der Waals surface area contributed by atoms with Crippen LogP contribution in [0.3, 0.4) is 0 Å². The first-order chi connectivity index (χ1) is 9.58. The summed E-state index contributed by atoms with van der Waals surface area (Å²) in [5.74, 6) is 2.13. The monoisotopic (exact) mass is 272 g/mol. The molecule has 0 radical (unpaired) electrons. The Morgan fingerprint density at radius 2 is 2.25 bits per heavy atom. The fourth-order valence-corrected chi connectivity index (χ4v) is 1.67. The molecule has 1 aromatic carbocycles. The van der Waals surface area contributed by atoms with Crippen LogP contribution in [0.1, 0.15) is 25.3 Å². The van der Waals surface area contributed by atoms with Crippen LogP contribution in [0.15, 0.2) is 30.3 Å². The van der Waals surface area contributed by atoms with Crippen molar-refractivity contribution in [2.45, 2.75) is 25.8 Å². The zero-order valence-corrected chi connectivity index (χ0v) is 11.2. The van der Waals surface area contributed by atoms with Gasteiger partial charge in [-0.25, -0.2) is 0 Å². The second kappa shape index (κ2) is 7.74. The van der Waals surface area contributed by atoms with Gasteiger partial charge in [0.25, 0.3) is 5.69 Å². The molecule has 1 unspecified atom stereocenters. The first-order valence-electron chi connectivity index (χ1n) is 6.26. The van der Waals surface area contributed by atoms with E-state index in [0.29, 0.717) is 12.0 Å². The Morgan fingerprint density at radius 1 is 1.55 bits per heavy atom. The van der Waals surface area contributed by atoms with Crippen LogP contribution < -0.4 is 5.32 Å². The molecule has 0 fully saturated rings. The first-order valence-corrected chi connectivity index (χ1v) is 6.26. The lowest BCUT2D eigenvalue weighted by atomic mass is 10.1. The number of nitrogens with one attached hydrogen (secondary N) is 1. The van der Waals surface area contributed by atoms with Gasteiger partial charge in [0.05, 0.1) is 16.5 Å². The van der Waals surface area contributed by atoms with E-state index in [9.17, 15) is 14.9 Å². The molecular weight excluding hydrogens is 256 g/mol. The van der Waals surface area contributed by atoms with E-state index in [1.165, 1.54) is 18.2 Å². The van der Waals surface area contributed by atoms with Crippen molar-refractivity contribution in [3.05, 3.63) is 46.0 Å². The third kappa shape index (κ3) is 4.58. The number of carbonyl (C=O) groups is 1. The third-order valence-corrected chi connectivity index (χ3v) is 2.64. The Balaban J connectivity index is 2.76. The molecule has 0 saturated heterocycles. The minimum Gasteiger partial charge on any atom is -0.339 e. The van der Waals surface area contributed by atoms with E-state index < -0.39 is 4.92 Å². The van der Waals surface area contributed by atoms with E-state index in [2.05, 4.69) is 11.2 Å². The molecule has 0 saturated carbocycles. The summed E-state index contributed by atoms with van der Waals surface area (Å²) in [4.78, 5) is 22.0. The summed E-state index contributed by atoms with van der Waals surface area (Å²) in [6, 6.07) is 5.89. The number of terminal acetylenes is 1. The highest BCUT2D eigenvalue weighted by Gasteiger charge is 2.10. The van der Waals surface area contributed by atoms with Crippen molar-refractivity contribution in [1.82, 2.24) is 5.32 Å². The summed E-state index contributed by atoms with van der Waals surface area (Å²) in [6.07, 6.45) is 9.52. The van der Waals surface area contributed by atoms with Gasteiger partial charge in [-0.2, -0.15) is 0 Å². The topological polar surface area (TPSA) is 72.2 Å². The van der Waals surface area contributed by atoms with Gasteiger partial charge < -0.3 is 5.32 Å². The zero-order valence-electron chi connectivity index (χ0n) is 11.2. The van der Waals surface area contributed by atoms with Gasteiger partial charge in [0.1, 0.15) is 0 Å². The largest absolute Gasteiger partial charge is 0.339 e. The Hall–Kier alpha value is -2.61. The van der Waals surface area contributed by atoms with Crippen molar-refractivity contribution in [2.24, 2.45) is 0 Å². The number of amides is 1. The normalized spacial score (nSPS) is 11.8. The fraction of sp³-hybridized carbons (Fsp3) is 0.267. The number of hydrogen-bond acceptors (Lipinski definition) is 3. The number of hydrogen-bond donors (Lipinski definition) is 1. The summed E-state index contributed by atoms with van der Waals surface area (Å²) in [7, 11) is 0. The molecule has 0 spiro atoms. The molecule has 1 aromatic rings. The molecule has 0 aliphatic rings. The van der Waals surface area contributed by atoms with Gasteiger partial charge >= 0.3 is 0 Å². The zero-order chi connectivity index (χ0) is 15.0. The van der Waals surface area contributed by atoms with Gasteiger partial charge in [0.2, 0.25) is 5.91 Å². The number of rotatable bonds is 6. The van der Waals surface area contributed by atoms with Gasteiger partial charge in [0, 0.05) is 12.1 Å². The van der Waals surface area contributed by atoms with E-state index in [1.807, 2.05) is 6.92 Å². The van der Waals surface area contributed by atoms with Gasteiger partial charge in [-0.05, 0) is 18.6 Å². The molecule has 1 amide bonds. The van der Waals surface area contributed by atoms with E-state index in [4.69, 9.17) is 6.42 Å². The summed E-state index contributed by atoms with van der Waals surface area (Å²) in [5.41, 5.74) is 0.332. The highest BCUT2D eigenvalue weighted by atomic mass is 16.6. The van der Waals surface area contributed by atoms with Crippen LogP contribution in [0.2, 0.25) is 0 Å². The van der Waals surface area contributed by atoms with Gasteiger partial charge in [-0.15, -0.1) is 6.42 Å². The van der Waals surface area contributed by atoms with Crippen LogP contribution in [-0.4, -0.2) is 16.9 Å². The standard InChI is InChI=1S/C15H16N2O3/c1-3-7-13(4-2)16-15(18)11-10-12-8-5-6-9-14(12)17(19)20/h2,5-6,8-11,13H,3,7H2,1H3,(H,16,18)/b11-10+. The molecule has 0 bridgehead atoms. The Morgan fingerprint density at radius 3 is 2.85 bits per heavy atom. The predicted octanol–water partition coefficient (Wildman–Crippen LogP) is 2.53. The Labute approximate surface area is 117 Å². The molecule has 104 valence electrons. The molecule has 0 aliphatic heterocycles. The summed E-state index contributed by atoms with van der Waals surface area (Å²) in [5, 5.41) is 13.5. The fourth-order valence-electron chi connectivity index (χ4n) is 1.67. The SMILES string of the molecule is C#CC(CCC)NC(=O)/C=C/c1ccccc1[N+](=O)[O-]. The summed E-state index contributed by atoms with van der Waals surface area (Å²) >= 11 is 0. The highest BCUT2D eigenvalue weighted by molar-refractivity contribution is 5.92. The molecule has 5 nitrogen and oxygen atoms in total. The van der Waals surface area contributed by atoms with Crippen molar-refractivity contribution in [3.63, 3.8) is 0 Å². The summed E-state index contributed by atoms with van der Waals surface area (Å²) < 4.78 is 0. The van der Waals surface area contributed by atoms with Gasteiger partial charge in [0.15, 0.2) is 0 Å². The van der Waals surface area contributed by atoms with Crippen molar-refractivity contribution >= 4 is 17.7 Å². The van der Waals surface area contributed by atoms with Gasteiger partial charge in [-0.1, -0.05) is 31.4 Å². The number of nitrogens with zero attached hydrogens (tertiary/aromatic N) is 1. The molecular formula is C15H16N2O3. The lowest BCUT2D eigenvalue weighted by Crippen LogP contribution is -2.32. The molecule has 1 N–H and O–H groups in total. The number of para-hydroxylation sites is 1. The van der Waals surface area contributed by atoms with Crippen LogP contribution in [0, 0.1) is 22.5 Å². The van der Waals surface area contributed by atoms with Crippen molar-refractivity contribution < 1.29 is 9.72 Å². The van der Waals surface area contributed by atoms with Crippen LogP contribution >= 0.6 is 0 Å². The number of benzene rings is 1. The molecule has 1 rings (SSSR count). The van der Waals surface area contributed by atoms with E-state index in [1.54, 1.807) is 18.2 Å². The van der Waals surface area contributed by atoms with Crippen LogP contribution in [0.25, 0.3) is 6.08 Å². The number of nitro benzene ring substituents is 1. The van der Waals surface area contributed by atoms with Gasteiger partial charge in [-0.3, -0.25) is 14.9 Å². The lowest BCUT2D eigenvalue weighted by Gasteiger charge is -2.09. The maximum Gasteiger partial charge on any atom is 0.276 e. The van der Waals surface area contributed by atoms with Crippen LogP contribution in [0.5, 0.6) is 0 Å². The minimum atomic E-state index is -0.487. The molecule has 0 aromatic heterocycles. The maximum atomic E-state index is 11.7. The number of nitro groups is 1. The van der Waals surface area contributed by atoms with Crippen molar-refractivity contribution in [1.29, 1.82) is 0 Å². The van der Waals surface area contributed by atoms with Crippen molar-refractivity contribution in [3.8, 4) is 12.3 Å². The van der Waals surface area contributed by atoms with Crippen molar-refractivity contribution in [2.75, 3.05) is 0 Å². The highest BCUT2D eigenvalue weighted by Crippen LogP contribution is 2.18. The predicted molar refractivity (Wildman–Crippen MR) is 77.8 cm³/mol. The summed E-state index contributed by atoms with van der Waals surface area (Å²) in [6.45, 7) is 1.97. The van der Waals surface area contributed by atoms with Crippen LogP contribution in [-0.2, 0) is 4.79 Å². The second-order valence-corrected chi connectivity index (χ2v) is 4.17. The van der Waals surface area contributed by atoms with E-state index in [0.717, 1.165) is 6.42 Å². The molecule has 0 heterocycles. The lowest BCUT2D eigenvalue weighted by molar-refractivity contribution is -0.385. The first kappa shape index (κ1) is 15.4. The maximum absolute atomic E-state index is 11.7. The average Bonchev–Trinajstić information content (AvgIpc) is 2.44. The number of carbonyl (C=O) groups excluding carboxylic acids is 1. The second-order valence-electron chi connectivity index (χ2n) is 4.17. The molecule has 5 heteroatoms. The Bertz CT molecular complexity index is 558. The third-order valence-electron chi connectivity index (χ3n) is 2.64.